The summed E-state index contributed by atoms with van der Waals surface area (Å²) in [6, 6.07) is 10.9. The zero-order chi connectivity index (χ0) is 15.0. The fourth-order valence-electron chi connectivity index (χ4n) is 2.49. The van der Waals surface area contributed by atoms with Crippen molar-refractivity contribution in [3.05, 3.63) is 41.4 Å². The smallest absolute Gasteiger partial charge is 0.149 e. The van der Waals surface area contributed by atoms with Gasteiger partial charge < -0.3 is 15.4 Å². The van der Waals surface area contributed by atoms with Crippen LogP contribution < -0.4 is 5.73 Å². The van der Waals surface area contributed by atoms with E-state index < -0.39 is 0 Å². The molecule has 5 heteroatoms. The average Bonchev–Trinajstić information content (AvgIpc) is 2.81. The quantitative estimate of drug-likeness (QED) is 0.566. The van der Waals surface area contributed by atoms with Crippen LogP contribution in [0.2, 0.25) is 5.02 Å². The molecule has 0 saturated heterocycles. The maximum Gasteiger partial charge on any atom is 0.149 e. The Labute approximate surface area is 127 Å². The molecule has 0 bridgehead atoms. The van der Waals surface area contributed by atoms with E-state index in [2.05, 4.69) is 16.5 Å². The number of rotatable bonds is 3. The highest BCUT2D eigenvalue weighted by molar-refractivity contribution is 6.31. The van der Waals surface area contributed by atoms with Crippen molar-refractivity contribution in [3.63, 3.8) is 0 Å². The Bertz CT molecular complexity index is 811. The fourth-order valence-corrected chi connectivity index (χ4v) is 2.66. The summed E-state index contributed by atoms with van der Waals surface area (Å²) in [5.74, 6) is 0.773. The molecule has 4 nitrogen and oxygen atoms in total. The van der Waals surface area contributed by atoms with E-state index >= 15 is 0 Å². The zero-order valence-electron chi connectivity index (χ0n) is 11.7. The molecule has 0 fully saturated rings. The second kappa shape index (κ2) is 5.30. The Morgan fingerprint density at radius 3 is 2.86 bits per heavy atom. The molecule has 3 N–H and O–H groups in total. The molecule has 0 spiro atoms. The van der Waals surface area contributed by atoms with Crippen molar-refractivity contribution in [2.24, 2.45) is 0 Å². The molecule has 2 aromatic carbocycles. The van der Waals surface area contributed by atoms with E-state index in [1.807, 2.05) is 30.3 Å². The summed E-state index contributed by atoms with van der Waals surface area (Å²) in [4.78, 5) is 4.63. The van der Waals surface area contributed by atoms with Crippen molar-refractivity contribution >= 4 is 28.3 Å². The number of imidazole rings is 1. The van der Waals surface area contributed by atoms with E-state index in [-0.39, 0.29) is 5.75 Å². The molecular weight excluding hydrogens is 286 g/mol. The average molecular weight is 302 g/mol. The number of nitrogens with zero attached hydrogens (tertiary/aromatic N) is 2. The highest BCUT2D eigenvalue weighted by atomic mass is 35.5. The lowest BCUT2D eigenvalue weighted by molar-refractivity contribution is 0.479. The number of para-hydroxylation sites is 1. The first-order valence-corrected chi connectivity index (χ1v) is 7.23. The molecule has 0 atom stereocenters. The maximum absolute atomic E-state index is 10.2. The second-order valence-electron chi connectivity index (χ2n) is 4.96. The van der Waals surface area contributed by atoms with Crippen LogP contribution in [0, 0.1) is 0 Å². The third-order valence-electron chi connectivity index (χ3n) is 3.47. The summed E-state index contributed by atoms with van der Waals surface area (Å²) in [7, 11) is 0. The van der Waals surface area contributed by atoms with Crippen molar-refractivity contribution in [2.45, 2.75) is 19.9 Å². The van der Waals surface area contributed by atoms with Gasteiger partial charge in [-0.2, -0.15) is 0 Å². The number of benzene rings is 2. The topological polar surface area (TPSA) is 64.1 Å². The summed E-state index contributed by atoms with van der Waals surface area (Å²) in [6.07, 6.45) is 0.952. The predicted molar refractivity (Wildman–Crippen MR) is 86.5 cm³/mol. The number of phenols is 1. The number of aromatic nitrogens is 2. The van der Waals surface area contributed by atoms with Gasteiger partial charge in [-0.25, -0.2) is 4.98 Å². The molecule has 0 saturated carbocycles. The highest BCUT2D eigenvalue weighted by Crippen LogP contribution is 2.35. The first kappa shape index (κ1) is 13.8. The number of hydrogen-bond acceptors (Lipinski definition) is 3. The van der Waals surface area contributed by atoms with E-state index in [0.717, 1.165) is 24.0 Å². The second-order valence-corrected chi connectivity index (χ2v) is 5.40. The van der Waals surface area contributed by atoms with E-state index in [0.29, 0.717) is 22.1 Å². The lowest BCUT2D eigenvalue weighted by atomic mass is 10.1. The minimum atomic E-state index is 0.0660. The van der Waals surface area contributed by atoms with Crippen LogP contribution in [0.4, 0.5) is 5.69 Å². The van der Waals surface area contributed by atoms with Crippen LogP contribution in [0.1, 0.15) is 13.3 Å². The van der Waals surface area contributed by atoms with Crippen molar-refractivity contribution in [1.29, 1.82) is 0 Å². The van der Waals surface area contributed by atoms with E-state index in [1.165, 1.54) is 0 Å². The molecule has 3 rings (SSSR count). The molecular formula is C16H16ClN3O. The van der Waals surface area contributed by atoms with E-state index in [9.17, 15) is 5.11 Å². The van der Waals surface area contributed by atoms with Gasteiger partial charge in [-0.05, 0) is 36.8 Å². The number of anilines is 1. The Kier molecular flexibility index (Phi) is 3.47. The van der Waals surface area contributed by atoms with Crippen molar-refractivity contribution in [3.8, 4) is 17.1 Å². The number of aromatic hydroxyl groups is 1. The van der Waals surface area contributed by atoms with Crippen LogP contribution in [-0.4, -0.2) is 14.7 Å². The molecule has 0 unspecified atom stereocenters. The molecule has 1 heterocycles. The van der Waals surface area contributed by atoms with Gasteiger partial charge in [-0.1, -0.05) is 24.6 Å². The SMILES string of the molecule is CCCn1c(-c2cccc(N)c2O)nc2ccc(Cl)cc21. The zero-order valence-corrected chi connectivity index (χ0v) is 12.4. The van der Waals surface area contributed by atoms with Gasteiger partial charge in [0, 0.05) is 11.6 Å². The minimum absolute atomic E-state index is 0.0660. The van der Waals surface area contributed by atoms with Crippen molar-refractivity contribution < 1.29 is 5.11 Å². The van der Waals surface area contributed by atoms with Gasteiger partial charge in [-0.15, -0.1) is 0 Å². The molecule has 0 aliphatic rings. The van der Waals surface area contributed by atoms with Gasteiger partial charge in [0.15, 0.2) is 0 Å². The van der Waals surface area contributed by atoms with Crippen molar-refractivity contribution in [2.75, 3.05) is 5.73 Å². The van der Waals surface area contributed by atoms with E-state index in [1.54, 1.807) is 6.07 Å². The van der Waals surface area contributed by atoms with Crippen LogP contribution in [0.15, 0.2) is 36.4 Å². The van der Waals surface area contributed by atoms with Crippen LogP contribution >= 0.6 is 11.6 Å². The summed E-state index contributed by atoms with van der Waals surface area (Å²) in [6.45, 7) is 2.89. The van der Waals surface area contributed by atoms with Gasteiger partial charge in [0.2, 0.25) is 0 Å². The van der Waals surface area contributed by atoms with Gasteiger partial charge >= 0.3 is 0 Å². The molecule has 1 aromatic heterocycles. The summed E-state index contributed by atoms with van der Waals surface area (Å²) >= 11 is 6.09. The Morgan fingerprint density at radius 1 is 1.29 bits per heavy atom. The minimum Gasteiger partial charge on any atom is -0.505 e. The first-order chi connectivity index (χ1) is 10.1. The van der Waals surface area contributed by atoms with Crippen LogP contribution in [0.25, 0.3) is 22.4 Å². The predicted octanol–water partition coefficient (Wildman–Crippen LogP) is 4.05. The monoisotopic (exact) mass is 301 g/mol. The number of nitrogen functional groups attached to an aromatic ring is 1. The number of fused-ring (bicyclic) bond motifs is 1. The van der Waals surface area contributed by atoms with Crippen LogP contribution in [-0.2, 0) is 6.54 Å². The summed E-state index contributed by atoms with van der Waals surface area (Å²) in [5, 5.41) is 10.9. The summed E-state index contributed by atoms with van der Waals surface area (Å²) in [5.41, 5.74) is 8.59. The van der Waals surface area contributed by atoms with Gasteiger partial charge in [-0.3, -0.25) is 0 Å². The Balaban J connectivity index is 2.31. The highest BCUT2D eigenvalue weighted by Gasteiger charge is 2.16. The maximum atomic E-state index is 10.2. The molecule has 3 aromatic rings. The molecule has 0 aliphatic heterocycles. The standard InChI is InChI=1S/C16H16ClN3O/c1-2-8-20-14-9-10(17)6-7-13(14)19-16(20)11-4-3-5-12(18)15(11)21/h3-7,9,21H,2,8,18H2,1H3. The lowest BCUT2D eigenvalue weighted by Gasteiger charge is -2.10. The molecule has 108 valence electrons. The van der Waals surface area contributed by atoms with E-state index in [4.69, 9.17) is 17.3 Å². The van der Waals surface area contributed by atoms with Crippen LogP contribution in [0.5, 0.6) is 5.75 Å². The third-order valence-corrected chi connectivity index (χ3v) is 3.70. The first-order valence-electron chi connectivity index (χ1n) is 6.85. The Hall–Kier alpha value is -2.20. The van der Waals surface area contributed by atoms with Crippen LogP contribution in [0.3, 0.4) is 0 Å². The summed E-state index contributed by atoms with van der Waals surface area (Å²) < 4.78 is 2.07. The Morgan fingerprint density at radius 2 is 2.10 bits per heavy atom. The lowest BCUT2D eigenvalue weighted by Crippen LogP contribution is -2.00. The van der Waals surface area contributed by atoms with Gasteiger partial charge in [0.05, 0.1) is 22.3 Å². The largest absolute Gasteiger partial charge is 0.505 e. The number of phenolic OH excluding ortho intramolecular Hbond substituents is 1. The normalized spacial score (nSPS) is 11.1. The number of nitrogens with two attached hydrogens (primary N) is 1. The molecule has 0 amide bonds. The molecule has 0 radical (unpaired) electrons. The van der Waals surface area contributed by atoms with Gasteiger partial charge in [0.1, 0.15) is 11.6 Å². The third kappa shape index (κ3) is 2.32. The van der Waals surface area contributed by atoms with Crippen molar-refractivity contribution in [1.82, 2.24) is 9.55 Å². The molecule has 21 heavy (non-hydrogen) atoms. The number of hydrogen-bond donors (Lipinski definition) is 2. The fraction of sp³-hybridized carbons (Fsp3) is 0.188. The molecule has 0 aliphatic carbocycles. The number of halogens is 1. The number of aryl methyl sites for hydroxylation is 1. The van der Waals surface area contributed by atoms with Gasteiger partial charge in [0.25, 0.3) is 0 Å².